The van der Waals surface area contributed by atoms with Crippen LogP contribution in [-0.4, -0.2) is 20.9 Å². The normalized spacial score (nSPS) is 13.0. The molecule has 6 heteroatoms. The molecule has 9 aromatic rings. The summed E-state index contributed by atoms with van der Waals surface area (Å²) in [4.78, 5) is 7.76. The molecule has 2 aliphatic rings. The van der Waals surface area contributed by atoms with E-state index in [1.54, 1.807) is 0 Å². The minimum Gasteiger partial charge on any atom is -0.458 e. The first-order valence-corrected chi connectivity index (χ1v) is 16.7. The van der Waals surface area contributed by atoms with Crippen molar-refractivity contribution in [3.8, 4) is 28.3 Å². The second-order valence-electron chi connectivity index (χ2n) is 12.8. The predicted molar refractivity (Wildman–Crippen MR) is 201 cm³/mol. The lowest BCUT2D eigenvalue weighted by molar-refractivity contribution is 0.486. The molecule has 5 nitrogen and oxygen atoms in total. The molecule has 2 aliphatic heterocycles. The quantitative estimate of drug-likeness (QED) is 0.183. The Labute approximate surface area is 283 Å². The lowest BCUT2D eigenvalue weighted by Crippen LogP contribution is -2.56. The smallest absolute Gasteiger partial charge is 0.340 e. The third-order valence-corrected chi connectivity index (χ3v) is 10.2. The molecular weight excluding hydrogens is 599 g/mol. The van der Waals surface area contributed by atoms with E-state index in [9.17, 15) is 0 Å². The second-order valence-corrected chi connectivity index (χ2v) is 12.8. The lowest BCUT2D eigenvalue weighted by Gasteiger charge is -2.39. The Balaban J connectivity index is 1.29. The van der Waals surface area contributed by atoms with E-state index in [0.29, 0.717) is 0 Å². The minimum atomic E-state index is -0.121. The van der Waals surface area contributed by atoms with Crippen LogP contribution in [0.2, 0.25) is 0 Å². The molecule has 0 fully saturated rings. The third-order valence-electron chi connectivity index (χ3n) is 10.2. The van der Waals surface area contributed by atoms with Crippen molar-refractivity contribution in [1.29, 1.82) is 0 Å². The number of hydrogen-bond acceptors (Lipinski definition) is 3. The molecular formula is C43H27BN4O. The van der Waals surface area contributed by atoms with Crippen molar-refractivity contribution in [2.45, 2.75) is 0 Å². The van der Waals surface area contributed by atoms with Crippen LogP contribution >= 0.6 is 0 Å². The minimum absolute atomic E-state index is 0.121. The van der Waals surface area contributed by atoms with E-state index in [0.717, 1.165) is 78.6 Å². The summed E-state index contributed by atoms with van der Waals surface area (Å²) in [7, 11) is 0. The van der Waals surface area contributed by atoms with E-state index in [4.69, 9.17) is 9.72 Å². The first-order valence-electron chi connectivity index (χ1n) is 16.7. The van der Waals surface area contributed by atoms with Crippen molar-refractivity contribution in [2.75, 3.05) is 4.90 Å². The highest BCUT2D eigenvalue weighted by atomic mass is 16.5. The Bertz CT molecular complexity index is 2730. The Morgan fingerprint density at radius 2 is 1.18 bits per heavy atom. The molecule has 49 heavy (non-hydrogen) atoms. The number of fused-ring (bicyclic) bond motifs is 9. The first kappa shape index (κ1) is 26.5. The van der Waals surface area contributed by atoms with E-state index in [1.807, 2.05) is 0 Å². The summed E-state index contributed by atoms with van der Waals surface area (Å²) in [5.74, 6) is 2.60. The zero-order valence-corrected chi connectivity index (χ0v) is 26.4. The highest BCUT2D eigenvalue weighted by Crippen LogP contribution is 2.47. The molecule has 0 bridgehead atoms. The van der Waals surface area contributed by atoms with Gasteiger partial charge in [0.05, 0.1) is 39.1 Å². The molecule has 228 valence electrons. The SMILES string of the molecule is c1ccc(-c2ccccc2N2c3cc(-n4c5ccccc5c5ccccc54)cc4c3B(c3ccccc3O4)n3c2nc2ccccc23)cc1. The zero-order chi connectivity index (χ0) is 32.1. The number of hydrogen-bond donors (Lipinski definition) is 0. The number of aromatic nitrogens is 3. The van der Waals surface area contributed by atoms with E-state index in [-0.39, 0.29) is 6.85 Å². The molecule has 11 rings (SSSR count). The molecule has 0 saturated carbocycles. The topological polar surface area (TPSA) is 35.2 Å². The van der Waals surface area contributed by atoms with E-state index >= 15 is 0 Å². The summed E-state index contributed by atoms with van der Waals surface area (Å²) in [6, 6.07) is 58.1. The molecule has 0 saturated heterocycles. The number of rotatable bonds is 3. The van der Waals surface area contributed by atoms with Crippen LogP contribution in [-0.2, 0) is 0 Å². The Morgan fingerprint density at radius 3 is 2.00 bits per heavy atom. The first-order chi connectivity index (χ1) is 24.3. The Kier molecular flexibility index (Phi) is 5.41. The maximum absolute atomic E-state index is 6.92. The number of para-hydroxylation sites is 6. The van der Waals surface area contributed by atoms with Gasteiger partial charge >= 0.3 is 6.85 Å². The van der Waals surface area contributed by atoms with Crippen molar-refractivity contribution >= 4 is 67.9 Å². The molecule has 0 atom stereocenters. The van der Waals surface area contributed by atoms with Gasteiger partial charge in [0.25, 0.3) is 0 Å². The van der Waals surface area contributed by atoms with Crippen LogP contribution in [0.15, 0.2) is 164 Å². The van der Waals surface area contributed by atoms with Gasteiger partial charge in [-0.05, 0) is 53.5 Å². The predicted octanol–water partition coefficient (Wildman–Crippen LogP) is 9.34. The summed E-state index contributed by atoms with van der Waals surface area (Å²) < 4.78 is 11.7. The van der Waals surface area contributed by atoms with Crippen LogP contribution in [0.4, 0.5) is 17.3 Å². The molecule has 0 amide bonds. The molecule has 0 N–H and O–H groups in total. The molecule has 4 heterocycles. The average Bonchev–Trinajstić information content (AvgIpc) is 3.71. The number of nitrogens with zero attached hydrogens (tertiary/aromatic N) is 4. The van der Waals surface area contributed by atoms with Gasteiger partial charge in [-0.3, -0.25) is 4.90 Å². The maximum Gasteiger partial charge on any atom is 0.340 e. The fourth-order valence-electron chi connectivity index (χ4n) is 8.13. The lowest BCUT2D eigenvalue weighted by atomic mass is 9.47. The molecule has 0 spiro atoms. The van der Waals surface area contributed by atoms with Crippen molar-refractivity contribution < 1.29 is 4.74 Å². The Morgan fingerprint density at radius 1 is 0.531 bits per heavy atom. The largest absolute Gasteiger partial charge is 0.458 e. The summed E-state index contributed by atoms with van der Waals surface area (Å²) in [5.41, 5.74) is 12.0. The van der Waals surface area contributed by atoms with Gasteiger partial charge in [-0.1, -0.05) is 115 Å². The van der Waals surface area contributed by atoms with Gasteiger partial charge in [-0.2, -0.15) is 0 Å². The monoisotopic (exact) mass is 626 g/mol. The summed E-state index contributed by atoms with van der Waals surface area (Å²) in [5, 5.41) is 2.45. The summed E-state index contributed by atoms with van der Waals surface area (Å²) in [6.07, 6.45) is 0. The van der Waals surface area contributed by atoms with Crippen LogP contribution in [0.25, 0.3) is 49.7 Å². The van der Waals surface area contributed by atoms with E-state index < -0.39 is 0 Å². The standard InChI is InChI=1S/C43H27BN4O/c1-2-14-28(15-3-1)30-16-4-9-21-35(30)47-39-26-29(46-36-22-10-5-17-31(36)32-18-6-11-23-37(32)46)27-41-42(39)44(33-19-7-13-25-40(33)49-41)48-38-24-12-8-20-34(38)45-43(47)48/h1-27H. The molecule has 7 aromatic carbocycles. The average molecular weight is 627 g/mol. The van der Waals surface area contributed by atoms with Gasteiger partial charge in [0.15, 0.2) is 0 Å². The molecule has 0 radical (unpaired) electrons. The van der Waals surface area contributed by atoms with Gasteiger partial charge in [0, 0.05) is 27.9 Å². The summed E-state index contributed by atoms with van der Waals surface area (Å²) >= 11 is 0. The fraction of sp³-hybridized carbons (Fsp3) is 0. The van der Waals surface area contributed by atoms with Crippen LogP contribution in [0.3, 0.4) is 0 Å². The van der Waals surface area contributed by atoms with Crippen LogP contribution < -0.4 is 20.6 Å². The highest BCUT2D eigenvalue weighted by Gasteiger charge is 2.44. The number of ether oxygens (including phenoxy) is 1. The van der Waals surface area contributed by atoms with Crippen LogP contribution in [0, 0.1) is 0 Å². The zero-order valence-electron chi connectivity index (χ0n) is 26.4. The third kappa shape index (κ3) is 3.68. The Hall–Kier alpha value is -6.53. The van der Waals surface area contributed by atoms with Gasteiger partial charge in [0.2, 0.25) is 5.95 Å². The molecule has 0 aliphatic carbocycles. The maximum atomic E-state index is 6.92. The molecule has 2 aromatic heterocycles. The molecule has 0 unspecified atom stereocenters. The van der Waals surface area contributed by atoms with Crippen molar-refractivity contribution in [2.24, 2.45) is 0 Å². The summed E-state index contributed by atoms with van der Waals surface area (Å²) in [6.45, 7) is -0.121. The van der Waals surface area contributed by atoms with Gasteiger partial charge in [-0.15, -0.1) is 0 Å². The highest BCUT2D eigenvalue weighted by molar-refractivity contribution is 6.88. The van der Waals surface area contributed by atoms with Gasteiger partial charge in [0.1, 0.15) is 11.5 Å². The van der Waals surface area contributed by atoms with Crippen LogP contribution in [0.5, 0.6) is 11.5 Å². The van der Waals surface area contributed by atoms with E-state index in [1.165, 1.54) is 10.8 Å². The number of imidazole rings is 1. The van der Waals surface area contributed by atoms with Gasteiger partial charge in [-0.25, -0.2) is 4.98 Å². The fourth-order valence-corrected chi connectivity index (χ4v) is 8.13. The van der Waals surface area contributed by atoms with Crippen molar-refractivity contribution in [3.05, 3.63) is 164 Å². The number of anilines is 3. The van der Waals surface area contributed by atoms with Gasteiger partial charge < -0.3 is 13.8 Å². The van der Waals surface area contributed by atoms with Crippen molar-refractivity contribution in [1.82, 2.24) is 14.0 Å². The van der Waals surface area contributed by atoms with Crippen LogP contribution in [0.1, 0.15) is 0 Å². The second kappa shape index (κ2) is 9.99. The van der Waals surface area contributed by atoms with Crippen molar-refractivity contribution in [3.63, 3.8) is 0 Å². The number of benzene rings is 7. The van der Waals surface area contributed by atoms with E-state index in [2.05, 4.69) is 178 Å².